The second-order valence-corrected chi connectivity index (χ2v) is 5.96. The maximum Gasteiger partial charge on any atom is 0.0133 e. The molecule has 0 bridgehead atoms. The van der Waals surface area contributed by atoms with Gasteiger partial charge in [0.2, 0.25) is 0 Å². The molecule has 2 unspecified atom stereocenters. The average Bonchev–Trinajstić information content (AvgIpc) is 2.63. The summed E-state index contributed by atoms with van der Waals surface area (Å²) in [6.45, 7) is 4.52. The normalized spacial score (nSPS) is 25.1. The van der Waals surface area contributed by atoms with E-state index < -0.39 is 0 Å². The Kier molecular flexibility index (Phi) is 4.82. The molecule has 0 heterocycles. The van der Waals surface area contributed by atoms with Crippen molar-refractivity contribution >= 4 is 0 Å². The van der Waals surface area contributed by atoms with Gasteiger partial charge in [0.05, 0.1) is 0 Å². The first-order chi connectivity index (χ1) is 8.72. The molecule has 0 spiro atoms. The van der Waals surface area contributed by atoms with Crippen LogP contribution in [0.3, 0.4) is 0 Å². The average molecular weight is 245 g/mol. The van der Waals surface area contributed by atoms with Gasteiger partial charge in [0, 0.05) is 6.04 Å². The van der Waals surface area contributed by atoms with Crippen molar-refractivity contribution in [2.24, 2.45) is 0 Å². The van der Waals surface area contributed by atoms with Gasteiger partial charge in [0.1, 0.15) is 0 Å². The monoisotopic (exact) mass is 245 g/mol. The molecule has 0 radical (unpaired) electrons. The number of likely N-dealkylation sites (N-methyl/N-ethyl adjacent to an activating group) is 1. The summed E-state index contributed by atoms with van der Waals surface area (Å²) in [5.41, 5.74) is 2.98. The van der Waals surface area contributed by atoms with E-state index in [0.717, 1.165) is 0 Å². The third-order valence-corrected chi connectivity index (χ3v) is 4.42. The number of hydrogen-bond donors (Lipinski definition) is 1. The van der Waals surface area contributed by atoms with Crippen LogP contribution in [0.25, 0.3) is 0 Å². The molecule has 0 aromatic heterocycles. The zero-order chi connectivity index (χ0) is 13.0. The third kappa shape index (κ3) is 3.14. The van der Waals surface area contributed by atoms with E-state index in [9.17, 15) is 0 Å². The molecule has 1 aromatic carbocycles. The van der Waals surface area contributed by atoms with E-state index in [1.165, 1.54) is 43.2 Å². The van der Waals surface area contributed by atoms with Crippen LogP contribution >= 0.6 is 0 Å². The minimum Gasteiger partial charge on any atom is -0.316 e. The van der Waals surface area contributed by atoms with E-state index in [4.69, 9.17) is 0 Å². The number of benzene rings is 1. The SMILES string of the molecule is CNC1CCCCCC1c1ccc(C(C)C)cc1. The van der Waals surface area contributed by atoms with Crippen molar-refractivity contribution in [3.63, 3.8) is 0 Å². The second kappa shape index (κ2) is 6.38. The van der Waals surface area contributed by atoms with Gasteiger partial charge >= 0.3 is 0 Å². The minimum absolute atomic E-state index is 0.633. The molecular weight excluding hydrogens is 218 g/mol. The molecule has 2 atom stereocenters. The molecule has 1 saturated carbocycles. The van der Waals surface area contributed by atoms with Crippen LogP contribution in [0.4, 0.5) is 0 Å². The highest BCUT2D eigenvalue weighted by Gasteiger charge is 2.23. The second-order valence-electron chi connectivity index (χ2n) is 5.96. The van der Waals surface area contributed by atoms with Crippen molar-refractivity contribution in [1.29, 1.82) is 0 Å². The lowest BCUT2D eigenvalue weighted by Gasteiger charge is -2.25. The minimum atomic E-state index is 0.633. The Morgan fingerprint density at radius 3 is 2.28 bits per heavy atom. The van der Waals surface area contributed by atoms with Crippen molar-refractivity contribution in [3.8, 4) is 0 Å². The van der Waals surface area contributed by atoms with Gasteiger partial charge < -0.3 is 5.32 Å². The molecular formula is C17H27N. The van der Waals surface area contributed by atoms with Gasteiger partial charge in [0.25, 0.3) is 0 Å². The Morgan fingerprint density at radius 1 is 1.00 bits per heavy atom. The van der Waals surface area contributed by atoms with Gasteiger partial charge in [-0.3, -0.25) is 0 Å². The topological polar surface area (TPSA) is 12.0 Å². The summed E-state index contributed by atoms with van der Waals surface area (Å²) in [5.74, 6) is 1.34. The van der Waals surface area contributed by atoms with Crippen molar-refractivity contribution in [1.82, 2.24) is 5.32 Å². The largest absolute Gasteiger partial charge is 0.316 e. The quantitative estimate of drug-likeness (QED) is 0.776. The van der Waals surface area contributed by atoms with E-state index in [1.807, 2.05) is 0 Å². The summed E-state index contributed by atoms with van der Waals surface area (Å²) < 4.78 is 0. The fourth-order valence-electron chi connectivity index (χ4n) is 3.18. The molecule has 1 heteroatoms. The summed E-state index contributed by atoms with van der Waals surface area (Å²) in [6.07, 6.45) is 6.83. The summed E-state index contributed by atoms with van der Waals surface area (Å²) in [5, 5.41) is 3.53. The van der Waals surface area contributed by atoms with Crippen LogP contribution in [0.2, 0.25) is 0 Å². The highest BCUT2D eigenvalue weighted by molar-refractivity contribution is 5.28. The van der Waals surface area contributed by atoms with Crippen molar-refractivity contribution in [2.75, 3.05) is 7.05 Å². The summed E-state index contributed by atoms with van der Waals surface area (Å²) in [4.78, 5) is 0. The van der Waals surface area contributed by atoms with Gasteiger partial charge in [-0.1, -0.05) is 57.4 Å². The molecule has 100 valence electrons. The van der Waals surface area contributed by atoms with Crippen LogP contribution in [0.1, 0.15) is 68.9 Å². The molecule has 1 aliphatic carbocycles. The van der Waals surface area contributed by atoms with Gasteiger partial charge in [-0.2, -0.15) is 0 Å². The first kappa shape index (κ1) is 13.6. The first-order valence-electron chi connectivity index (χ1n) is 7.49. The Bertz CT molecular complexity index is 352. The molecule has 0 saturated heterocycles. The Labute approximate surface area is 112 Å². The summed E-state index contributed by atoms with van der Waals surface area (Å²) >= 11 is 0. The van der Waals surface area contributed by atoms with Crippen LogP contribution in [0.5, 0.6) is 0 Å². The van der Waals surface area contributed by atoms with Crippen LogP contribution < -0.4 is 5.32 Å². The van der Waals surface area contributed by atoms with Crippen LogP contribution in [-0.2, 0) is 0 Å². The van der Waals surface area contributed by atoms with Gasteiger partial charge in [-0.15, -0.1) is 0 Å². The summed E-state index contributed by atoms with van der Waals surface area (Å²) in [7, 11) is 2.12. The molecule has 0 aliphatic heterocycles. The van der Waals surface area contributed by atoms with Gasteiger partial charge in [-0.05, 0) is 42.9 Å². The van der Waals surface area contributed by atoms with Gasteiger partial charge in [-0.25, -0.2) is 0 Å². The smallest absolute Gasteiger partial charge is 0.0133 e. The fourth-order valence-corrected chi connectivity index (χ4v) is 3.18. The number of hydrogen-bond acceptors (Lipinski definition) is 1. The maximum absolute atomic E-state index is 3.53. The number of nitrogens with one attached hydrogen (secondary N) is 1. The Hall–Kier alpha value is -0.820. The van der Waals surface area contributed by atoms with Crippen molar-refractivity contribution < 1.29 is 0 Å². The highest BCUT2D eigenvalue weighted by atomic mass is 14.9. The predicted molar refractivity (Wildman–Crippen MR) is 79.2 cm³/mol. The van der Waals surface area contributed by atoms with Gasteiger partial charge in [0.15, 0.2) is 0 Å². The lowest BCUT2D eigenvalue weighted by atomic mass is 9.86. The van der Waals surface area contributed by atoms with E-state index in [1.54, 1.807) is 0 Å². The lowest BCUT2D eigenvalue weighted by molar-refractivity contribution is 0.439. The molecule has 1 fully saturated rings. The molecule has 1 nitrogen and oxygen atoms in total. The van der Waals surface area contributed by atoms with Crippen LogP contribution in [0, 0.1) is 0 Å². The molecule has 0 amide bonds. The maximum atomic E-state index is 3.53. The van der Waals surface area contributed by atoms with E-state index in [0.29, 0.717) is 17.9 Å². The highest BCUT2D eigenvalue weighted by Crippen LogP contribution is 2.32. The van der Waals surface area contributed by atoms with Crippen molar-refractivity contribution in [3.05, 3.63) is 35.4 Å². The molecule has 2 rings (SSSR count). The molecule has 1 aromatic rings. The van der Waals surface area contributed by atoms with E-state index in [-0.39, 0.29) is 0 Å². The van der Waals surface area contributed by atoms with E-state index >= 15 is 0 Å². The lowest BCUT2D eigenvalue weighted by Crippen LogP contribution is -2.31. The zero-order valence-electron chi connectivity index (χ0n) is 12.1. The van der Waals surface area contributed by atoms with Crippen LogP contribution in [-0.4, -0.2) is 13.1 Å². The van der Waals surface area contributed by atoms with Crippen molar-refractivity contribution in [2.45, 2.75) is 63.8 Å². The summed E-state index contributed by atoms with van der Waals surface area (Å²) in [6, 6.07) is 10.0. The predicted octanol–water partition coefficient (Wildman–Crippen LogP) is 4.45. The molecule has 1 N–H and O–H groups in total. The Morgan fingerprint density at radius 2 is 1.67 bits per heavy atom. The standard InChI is InChI=1S/C17H27N/c1-13(2)14-9-11-15(12-10-14)16-7-5-4-6-8-17(16)18-3/h9-13,16-18H,4-8H2,1-3H3. The zero-order valence-corrected chi connectivity index (χ0v) is 12.1. The third-order valence-electron chi connectivity index (χ3n) is 4.42. The molecule has 18 heavy (non-hydrogen) atoms. The first-order valence-corrected chi connectivity index (χ1v) is 7.49. The Balaban J connectivity index is 2.16. The fraction of sp³-hybridized carbons (Fsp3) is 0.647. The van der Waals surface area contributed by atoms with Crippen LogP contribution in [0.15, 0.2) is 24.3 Å². The molecule has 1 aliphatic rings. The van der Waals surface area contributed by atoms with E-state index in [2.05, 4.69) is 50.5 Å². The number of rotatable bonds is 3.